The van der Waals surface area contributed by atoms with Gasteiger partial charge in [0.15, 0.2) is 5.78 Å². The van der Waals surface area contributed by atoms with Gasteiger partial charge in [-0.15, -0.1) is 0 Å². The van der Waals surface area contributed by atoms with E-state index in [1.54, 1.807) is 0 Å². The van der Waals surface area contributed by atoms with E-state index < -0.39 is 6.03 Å². The number of amides is 3. The molecule has 2 rings (SSSR count). The first-order valence-corrected chi connectivity index (χ1v) is 4.92. The molecule has 0 aliphatic carbocycles. The average molecular weight is 231 g/mol. The summed E-state index contributed by atoms with van der Waals surface area (Å²) in [6.45, 7) is 2.69. The maximum Gasteiger partial charge on any atom is 0.368 e. The Kier molecular flexibility index (Phi) is 2.55. The number of hydrogen-bond acceptors (Lipinski definition) is 3. The summed E-state index contributed by atoms with van der Waals surface area (Å²) in [5.41, 5.74) is 0.560. The molecule has 0 atom stereocenters. The Balaban J connectivity index is 2.77. The quantitative estimate of drug-likeness (QED) is 0.738. The third-order valence-corrected chi connectivity index (χ3v) is 2.26. The van der Waals surface area contributed by atoms with Crippen LogP contribution in [0.2, 0.25) is 0 Å². The van der Waals surface area contributed by atoms with Crippen LogP contribution in [0.25, 0.3) is 0 Å². The second-order valence-electron chi connectivity index (χ2n) is 3.60. The number of Topliss-reactive ketones (excluding diaryl/α,β-unsaturated/α-hetero) is 1. The first-order chi connectivity index (χ1) is 7.99. The molecule has 6 nitrogen and oxygen atoms in total. The molecule has 0 unspecified atom stereocenters. The lowest BCUT2D eigenvalue weighted by Gasteiger charge is -2.06. The van der Waals surface area contributed by atoms with E-state index in [9.17, 15) is 14.4 Å². The Labute approximate surface area is 96.1 Å². The standard InChI is InChI=1S/C11H9N3O3/c1-5(15)7-3-4-8-10(14-11(17)13-8)9(7)12-6(2)16/h3-4H,1-2H3,(H,12,16). The van der Waals surface area contributed by atoms with Crippen LogP contribution in [0.4, 0.5) is 10.5 Å². The lowest BCUT2D eigenvalue weighted by atomic mass is 10.1. The van der Waals surface area contributed by atoms with Crippen molar-refractivity contribution < 1.29 is 14.4 Å². The van der Waals surface area contributed by atoms with Gasteiger partial charge in [-0.05, 0) is 19.1 Å². The summed E-state index contributed by atoms with van der Waals surface area (Å²) in [6.07, 6.45) is 0. The zero-order valence-corrected chi connectivity index (χ0v) is 9.27. The van der Waals surface area contributed by atoms with Crippen LogP contribution in [0, 0.1) is 0 Å². The molecule has 3 amide bonds. The summed E-state index contributed by atoms with van der Waals surface area (Å²) in [7, 11) is 0. The minimum absolute atomic E-state index is 0.217. The van der Waals surface area contributed by atoms with Crippen molar-refractivity contribution in [2.45, 2.75) is 13.8 Å². The van der Waals surface area contributed by atoms with Crippen molar-refractivity contribution in [1.82, 2.24) is 0 Å². The van der Waals surface area contributed by atoms with Gasteiger partial charge in [0.1, 0.15) is 5.36 Å². The Hall–Kier alpha value is -2.37. The number of carbonyl (C=O) groups excluding carboxylic acids is 3. The lowest BCUT2D eigenvalue weighted by molar-refractivity contribution is -0.114. The van der Waals surface area contributed by atoms with Crippen LogP contribution in [0.1, 0.15) is 24.2 Å². The number of nitrogens with zero attached hydrogens (tertiary/aromatic N) is 2. The molecule has 1 aliphatic heterocycles. The summed E-state index contributed by atoms with van der Waals surface area (Å²) < 4.78 is 0. The summed E-state index contributed by atoms with van der Waals surface area (Å²) in [6, 6.07) is 2.42. The van der Waals surface area contributed by atoms with Gasteiger partial charge < -0.3 is 5.32 Å². The number of hydrogen-bond donors (Lipinski definition) is 1. The van der Waals surface area contributed by atoms with Gasteiger partial charge in [-0.3, -0.25) is 9.59 Å². The molecule has 86 valence electrons. The topological polar surface area (TPSA) is 88.0 Å². The normalized spacial score (nSPS) is 12.5. The van der Waals surface area contributed by atoms with E-state index in [0.717, 1.165) is 0 Å². The van der Waals surface area contributed by atoms with Gasteiger partial charge in [-0.2, -0.15) is 9.98 Å². The maximum absolute atomic E-state index is 11.4. The Morgan fingerprint density at radius 1 is 1.18 bits per heavy atom. The third kappa shape index (κ3) is 1.96. The minimum Gasteiger partial charge on any atom is -0.324 e. The molecule has 1 heterocycles. The van der Waals surface area contributed by atoms with E-state index in [-0.39, 0.29) is 22.7 Å². The minimum atomic E-state index is -0.632. The molecule has 0 fully saturated rings. The number of anilines is 1. The Bertz CT molecular complexity index is 661. The van der Waals surface area contributed by atoms with Gasteiger partial charge >= 0.3 is 6.03 Å². The van der Waals surface area contributed by atoms with Crippen LogP contribution in [-0.4, -0.2) is 17.7 Å². The monoisotopic (exact) mass is 231 g/mol. The summed E-state index contributed by atoms with van der Waals surface area (Å²) >= 11 is 0. The molecule has 0 saturated heterocycles. The first-order valence-electron chi connectivity index (χ1n) is 4.92. The summed E-state index contributed by atoms with van der Waals surface area (Å²) in [5, 5.41) is 3.12. The van der Waals surface area contributed by atoms with E-state index in [1.807, 2.05) is 0 Å². The Morgan fingerprint density at radius 2 is 1.88 bits per heavy atom. The number of rotatable bonds is 2. The Morgan fingerprint density at radius 3 is 2.47 bits per heavy atom. The number of ketones is 1. The second kappa shape index (κ2) is 3.89. The molecule has 17 heavy (non-hydrogen) atoms. The van der Waals surface area contributed by atoms with Crippen LogP contribution in [0.15, 0.2) is 22.1 Å². The van der Waals surface area contributed by atoms with E-state index in [0.29, 0.717) is 10.9 Å². The van der Waals surface area contributed by atoms with Gasteiger partial charge in [-0.1, -0.05) is 0 Å². The molecule has 0 saturated carbocycles. The molecule has 0 spiro atoms. The highest BCUT2D eigenvalue weighted by molar-refractivity contribution is 6.03. The van der Waals surface area contributed by atoms with Crippen molar-refractivity contribution in [3.63, 3.8) is 0 Å². The molecular formula is C11H9N3O3. The number of fused-ring (bicyclic) bond motifs is 1. The van der Waals surface area contributed by atoms with Crippen molar-refractivity contribution in [2.75, 3.05) is 5.32 Å². The third-order valence-electron chi connectivity index (χ3n) is 2.26. The average Bonchev–Trinajstić information content (AvgIpc) is 2.58. The summed E-state index contributed by atoms with van der Waals surface area (Å²) in [4.78, 5) is 40.9. The molecule has 6 heteroatoms. The zero-order chi connectivity index (χ0) is 12.6. The fourth-order valence-electron chi connectivity index (χ4n) is 1.60. The second-order valence-corrected chi connectivity index (χ2v) is 3.60. The summed E-state index contributed by atoms with van der Waals surface area (Å²) in [5.74, 6) is -0.554. The van der Waals surface area contributed by atoms with Gasteiger partial charge in [0, 0.05) is 12.5 Å². The van der Waals surface area contributed by atoms with Gasteiger partial charge in [0.05, 0.1) is 11.0 Å². The maximum atomic E-state index is 11.4. The van der Waals surface area contributed by atoms with Crippen LogP contribution in [0.3, 0.4) is 0 Å². The predicted molar refractivity (Wildman–Crippen MR) is 58.5 cm³/mol. The largest absolute Gasteiger partial charge is 0.368 e. The SMILES string of the molecule is CC(=O)Nc1c(C(C)=O)ccc2c1=NC(=O)N=2. The van der Waals surface area contributed by atoms with Crippen molar-refractivity contribution in [1.29, 1.82) is 0 Å². The fourth-order valence-corrected chi connectivity index (χ4v) is 1.60. The van der Waals surface area contributed by atoms with Gasteiger partial charge in [0.25, 0.3) is 0 Å². The van der Waals surface area contributed by atoms with Crippen LogP contribution >= 0.6 is 0 Å². The molecule has 1 aliphatic rings. The highest BCUT2D eigenvalue weighted by Gasteiger charge is 2.16. The molecule has 0 radical (unpaired) electrons. The van der Waals surface area contributed by atoms with E-state index in [1.165, 1.54) is 26.0 Å². The molecule has 1 aromatic rings. The van der Waals surface area contributed by atoms with E-state index >= 15 is 0 Å². The number of carbonyl (C=O) groups is 3. The highest BCUT2D eigenvalue weighted by Crippen LogP contribution is 2.10. The predicted octanol–water partition coefficient (Wildman–Crippen LogP) is 0.220. The van der Waals surface area contributed by atoms with Crippen LogP contribution < -0.4 is 16.0 Å². The number of benzene rings is 1. The van der Waals surface area contributed by atoms with Gasteiger partial charge in [-0.25, -0.2) is 4.79 Å². The van der Waals surface area contributed by atoms with Crippen molar-refractivity contribution in [3.8, 4) is 0 Å². The van der Waals surface area contributed by atoms with Crippen molar-refractivity contribution in [2.24, 2.45) is 9.98 Å². The molecule has 1 N–H and O–H groups in total. The van der Waals surface area contributed by atoms with Crippen molar-refractivity contribution >= 4 is 23.4 Å². The molecule has 1 aromatic carbocycles. The number of nitrogens with one attached hydrogen (secondary N) is 1. The molecule has 0 aromatic heterocycles. The zero-order valence-electron chi connectivity index (χ0n) is 9.27. The fraction of sp³-hybridized carbons (Fsp3) is 0.182. The van der Waals surface area contributed by atoms with E-state index in [2.05, 4.69) is 15.3 Å². The highest BCUT2D eigenvalue weighted by atomic mass is 16.2. The van der Waals surface area contributed by atoms with Crippen molar-refractivity contribution in [3.05, 3.63) is 28.4 Å². The van der Waals surface area contributed by atoms with Gasteiger partial charge in [0.2, 0.25) is 5.91 Å². The molecule has 0 bridgehead atoms. The van der Waals surface area contributed by atoms with Crippen LogP contribution in [-0.2, 0) is 4.79 Å². The molecular weight excluding hydrogens is 222 g/mol. The first kappa shape index (κ1) is 11.1. The lowest BCUT2D eigenvalue weighted by Crippen LogP contribution is -2.29. The van der Waals surface area contributed by atoms with E-state index in [4.69, 9.17) is 0 Å². The smallest absolute Gasteiger partial charge is 0.324 e. The van der Waals surface area contributed by atoms with Crippen LogP contribution in [0.5, 0.6) is 0 Å². The number of urea groups is 1.